The second-order valence-electron chi connectivity index (χ2n) is 5.07. The van der Waals surface area contributed by atoms with Gasteiger partial charge in [0.05, 0.1) is 0 Å². The van der Waals surface area contributed by atoms with E-state index in [1.807, 2.05) is 0 Å². The van der Waals surface area contributed by atoms with Crippen LogP contribution in [-0.2, 0) is 16.1 Å². The number of benzene rings is 1. The van der Waals surface area contributed by atoms with Gasteiger partial charge in [0.25, 0.3) is 0 Å². The van der Waals surface area contributed by atoms with Gasteiger partial charge in [-0.3, -0.25) is 4.90 Å². The van der Waals surface area contributed by atoms with Crippen molar-refractivity contribution in [2.45, 2.75) is 38.6 Å². The fourth-order valence-corrected chi connectivity index (χ4v) is 1.91. The van der Waals surface area contributed by atoms with Gasteiger partial charge in [-0.25, -0.2) is 9.59 Å². The van der Waals surface area contributed by atoms with E-state index in [1.54, 1.807) is 30.3 Å². The predicted octanol–water partition coefficient (Wildman–Crippen LogP) is 3.44. The molecule has 0 aliphatic heterocycles. The van der Waals surface area contributed by atoms with Crippen molar-refractivity contribution in [1.29, 1.82) is 0 Å². The summed E-state index contributed by atoms with van der Waals surface area (Å²) in [5.41, 5.74) is -2.77. The van der Waals surface area contributed by atoms with Crippen LogP contribution in [0.1, 0.15) is 25.8 Å². The zero-order valence-corrected chi connectivity index (χ0v) is 12.8. The third-order valence-electron chi connectivity index (χ3n) is 3.38. The first kappa shape index (κ1) is 18.8. The largest absolute Gasteiger partial charge is 0.479 e. The van der Waals surface area contributed by atoms with E-state index >= 15 is 0 Å². The lowest BCUT2D eigenvalue weighted by Crippen LogP contribution is -2.64. The molecule has 0 saturated carbocycles. The number of carboxylic acids is 1. The normalized spacial score (nSPS) is 14.0. The minimum Gasteiger partial charge on any atom is -0.479 e. The molecule has 1 aromatic carbocycles. The second-order valence-corrected chi connectivity index (χ2v) is 5.07. The molecule has 1 atom stereocenters. The molecule has 0 aliphatic carbocycles. The average Bonchev–Trinajstić information content (AvgIpc) is 2.49. The van der Waals surface area contributed by atoms with Crippen molar-refractivity contribution < 1.29 is 32.6 Å². The van der Waals surface area contributed by atoms with Crippen LogP contribution in [0.5, 0.6) is 0 Å². The molecule has 0 aliphatic rings. The minimum absolute atomic E-state index is 0.152. The average molecular weight is 333 g/mol. The number of ether oxygens (including phenoxy) is 1. The van der Waals surface area contributed by atoms with E-state index in [0.717, 1.165) is 0 Å². The first-order valence-electron chi connectivity index (χ1n) is 6.93. The summed E-state index contributed by atoms with van der Waals surface area (Å²) in [7, 11) is 0. The highest BCUT2D eigenvalue weighted by Crippen LogP contribution is 2.36. The molecule has 0 bridgehead atoms. The Morgan fingerprint density at radius 2 is 1.78 bits per heavy atom. The highest BCUT2D eigenvalue weighted by molar-refractivity contribution is 5.85. The van der Waals surface area contributed by atoms with Gasteiger partial charge >= 0.3 is 18.2 Å². The van der Waals surface area contributed by atoms with Gasteiger partial charge in [0.2, 0.25) is 5.54 Å². The summed E-state index contributed by atoms with van der Waals surface area (Å²) >= 11 is 0. The van der Waals surface area contributed by atoms with E-state index in [9.17, 15) is 22.8 Å². The summed E-state index contributed by atoms with van der Waals surface area (Å²) < 4.78 is 44.5. The number of rotatable bonds is 6. The molecular weight excluding hydrogens is 315 g/mol. The molecule has 128 valence electrons. The van der Waals surface area contributed by atoms with Crippen LogP contribution in [0.15, 0.2) is 30.3 Å². The van der Waals surface area contributed by atoms with Gasteiger partial charge < -0.3 is 9.84 Å². The van der Waals surface area contributed by atoms with Gasteiger partial charge in [-0.15, -0.1) is 0 Å². The first-order valence-corrected chi connectivity index (χ1v) is 6.93. The van der Waals surface area contributed by atoms with E-state index in [0.29, 0.717) is 12.5 Å². The summed E-state index contributed by atoms with van der Waals surface area (Å²) in [5.74, 6) is -2.16. The predicted molar refractivity (Wildman–Crippen MR) is 75.7 cm³/mol. The Morgan fingerprint density at radius 3 is 2.22 bits per heavy atom. The van der Waals surface area contributed by atoms with Crippen LogP contribution in [0.25, 0.3) is 0 Å². The van der Waals surface area contributed by atoms with Gasteiger partial charge in [-0.1, -0.05) is 37.3 Å². The number of hydrogen-bond acceptors (Lipinski definition) is 3. The number of carboxylic acid groups (broad SMARTS) is 1. The summed E-state index contributed by atoms with van der Waals surface area (Å²) in [6, 6.07) is 8.38. The highest BCUT2D eigenvalue weighted by Gasteiger charge is 2.62. The van der Waals surface area contributed by atoms with E-state index in [2.05, 4.69) is 0 Å². The van der Waals surface area contributed by atoms with Crippen molar-refractivity contribution in [3.63, 3.8) is 0 Å². The van der Waals surface area contributed by atoms with Crippen LogP contribution < -0.4 is 0 Å². The molecule has 0 aromatic heterocycles. The minimum atomic E-state index is -5.14. The molecule has 0 saturated heterocycles. The van der Waals surface area contributed by atoms with Crippen LogP contribution >= 0.6 is 0 Å². The Hall–Kier alpha value is -2.25. The number of carbonyl (C=O) groups is 2. The Kier molecular flexibility index (Phi) is 6.00. The third kappa shape index (κ3) is 4.14. The SMILES string of the molecule is CCCN(C(=O)OCc1ccccc1)C(C)(C(=O)O)C(F)(F)F. The number of amides is 1. The molecule has 0 fully saturated rings. The third-order valence-corrected chi connectivity index (χ3v) is 3.38. The van der Waals surface area contributed by atoms with Crippen LogP contribution in [0.4, 0.5) is 18.0 Å². The molecule has 1 rings (SSSR count). The van der Waals surface area contributed by atoms with Crippen molar-refractivity contribution in [2.75, 3.05) is 6.54 Å². The Balaban J connectivity index is 2.99. The van der Waals surface area contributed by atoms with Gasteiger partial charge in [0.15, 0.2) is 0 Å². The summed E-state index contributed by atoms with van der Waals surface area (Å²) in [5, 5.41) is 9.03. The number of hydrogen-bond donors (Lipinski definition) is 1. The van der Waals surface area contributed by atoms with Crippen molar-refractivity contribution in [2.24, 2.45) is 0 Å². The standard InChI is InChI=1S/C15H18F3NO4/c1-3-9-19(14(2,12(20)21)15(16,17)18)13(22)23-10-11-7-5-4-6-8-11/h4-8H,3,9-10H2,1-2H3,(H,20,21). The van der Waals surface area contributed by atoms with Crippen molar-refractivity contribution in [1.82, 2.24) is 4.90 Å². The maximum Gasteiger partial charge on any atom is 0.422 e. The molecule has 1 unspecified atom stereocenters. The van der Waals surface area contributed by atoms with E-state index < -0.39 is 30.3 Å². The molecule has 0 spiro atoms. The maximum absolute atomic E-state index is 13.2. The van der Waals surface area contributed by atoms with E-state index in [1.165, 1.54) is 6.92 Å². The molecule has 8 heteroatoms. The van der Waals surface area contributed by atoms with Crippen LogP contribution in [0.2, 0.25) is 0 Å². The van der Waals surface area contributed by atoms with Gasteiger partial charge in [0, 0.05) is 6.54 Å². The zero-order chi connectivity index (χ0) is 17.7. The maximum atomic E-state index is 13.2. The Labute approximate surface area is 131 Å². The Morgan fingerprint density at radius 1 is 1.22 bits per heavy atom. The number of nitrogens with zero attached hydrogens (tertiary/aromatic N) is 1. The topological polar surface area (TPSA) is 66.8 Å². The monoisotopic (exact) mass is 333 g/mol. The number of aliphatic carboxylic acids is 1. The van der Waals surface area contributed by atoms with Crippen molar-refractivity contribution >= 4 is 12.1 Å². The molecule has 23 heavy (non-hydrogen) atoms. The first-order chi connectivity index (χ1) is 10.6. The quantitative estimate of drug-likeness (QED) is 0.866. The molecule has 0 radical (unpaired) electrons. The summed E-state index contributed by atoms with van der Waals surface area (Å²) in [6.07, 6.45) is -6.31. The second kappa shape index (κ2) is 7.34. The van der Waals surface area contributed by atoms with E-state index in [-0.39, 0.29) is 17.9 Å². The van der Waals surface area contributed by atoms with Gasteiger partial charge in [-0.05, 0) is 18.9 Å². The highest BCUT2D eigenvalue weighted by atomic mass is 19.4. The van der Waals surface area contributed by atoms with Crippen LogP contribution in [-0.4, -0.2) is 40.3 Å². The number of halogens is 3. The number of alkyl halides is 3. The van der Waals surface area contributed by atoms with Crippen LogP contribution in [0.3, 0.4) is 0 Å². The molecule has 1 amide bonds. The fourth-order valence-electron chi connectivity index (χ4n) is 1.91. The van der Waals surface area contributed by atoms with Gasteiger partial charge in [0.1, 0.15) is 6.61 Å². The van der Waals surface area contributed by atoms with Crippen molar-refractivity contribution in [3.05, 3.63) is 35.9 Å². The lowest BCUT2D eigenvalue weighted by atomic mass is 9.99. The number of carbonyl (C=O) groups excluding carboxylic acids is 1. The molecule has 5 nitrogen and oxygen atoms in total. The lowest BCUT2D eigenvalue weighted by molar-refractivity contribution is -0.228. The zero-order valence-electron chi connectivity index (χ0n) is 12.8. The molecule has 1 aromatic rings. The summed E-state index contributed by atoms with van der Waals surface area (Å²) in [4.78, 5) is 23.4. The molecule has 1 N–H and O–H groups in total. The fraction of sp³-hybridized carbons (Fsp3) is 0.467. The van der Waals surface area contributed by atoms with Gasteiger partial charge in [-0.2, -0.15) is 13.2 Å². The molecule has 0 heterocycles. The Bertz CT molecular complexity index is 547. The summed E-state index contributed by atoms with van der Waals surface area (Å²) in [6.45, 7) is 1.36. The van der Waals surface area contributed by atoms with E-state index in [4.69, 9.17) is 9.84 Å². The molecular formula is C15H18F3NO4. The van der Waals surface area contributed by atoms with Crippen LogP contribution in [0, 0.1) is 0 Å². The van der Waals surface area contributed by atoms with Crippen molar-refractivity contribution in [3.8, 4) is 0 Å². The smallest absolute Gasteiger partial charge is 0.422 e. The lowest BCUT2D eigenvalue weighted by Gasteiger charge is -2.38.